The van der Waals surface area contributed by atoms with Gasteiger partial charge in [-0.1, -0.05) is 38.0 Å². The molecule has 0 aromatic heterocycles. The van der Waals surface area contributed by atoms with E-state index in [1.165, 1.54) is 25.7 Å². The number of carbonyl (C=O) groups is 1. The van der Waals surface area contributed by atoms with Crippen molar-refractivity contribution < 1.29 is 4.79 Å². The predicted octanol–water partition coefficient (Wildman–Crippen LogP) is 2.55. The van der Waals surface area contributed by atoms with E-state index in [0.29, 0.717) is 23.9 Å². The van der Waals surface area contributed by atoms with E-state index >= 15 is 0 Å². The summed E-state index contributed by atoms with van der Waals surface area (Å²) in [5, 5.41) is 3.07. The van der Waals surface area contributed by atoms with Crippen LogP contribution in [-0.2, 0) is 0 Å². The lowest BCUT2D eigenvalue weighted by molar-refractivity contribution is 0.0936. The average molecular weight is 284 g/mol. The van der Waals surface area contributed by atoms with Gasteiger partial charge in [-0.3, -0.25) is 4.79 Å². The number of amides is 1. The van der Waals surface area contributed by atoms with Gasteiger partial charge in [0.1, 0.15) is 0 Å². The minimum absolute atomic E-state index is 0.00566. The number of nitrogens with one attached hydrogen (secondary N) is 1. The topological polar surface area (TPSA) is 55.1 Å². The molecule has 2 rings (SSSR count). The average Bonchev–Trinajstić information content (AvgIpc) is 2.52. The minimum Gasteiger partial charge on any atom is -0.352 e. The van der Waals surface area contributed by atoms with Gasteiger partial charge < -0.3 is 11.1 Å². The Morgan fingerprint density at radius 3 is 2.67 bits per heavy atom. The molecule has 0 heterocycles. The second kappa shape index (κ2) is 7.85. The highest BCUT2D eigenvalue weighted by Gasteiger charge is 2.21. The summed E-state index contributed by atoms with van der Waals surface area (Å²) in [5.41, 5.74) is 6.92. The molecule has 1 fully saturated rings. The predicted molar refractivity (Wildman–Crippen MR) is 85.8 cm³/mol. The van der Waals surface area contributed by atoms with Gasteiger partial charge in [-0.05, 0) is 42.5 Å². The van der Waals surface area contributed by atoms with Crippen LogP contribution in [0.2, 0.25) is 0 Å². The molecule has 1 saturated carbocycles. The van der Waals surface area contributed by atoms with Crippen molar-refractivity contribution in [3.63, 3.8) is 0 Å². The maximum atomic E-state index is 12.2. The van der Waals surface area contributed by atoms with E-state index in [1.54, 1.807) is 0 Å². The highest BCUT2D eigenvalue weighted by Crippen LogP contribution is 2.28. The third kappa shape index (κ3) is 4.61. The van der Waals surface area contributed by atoms with Crippen LogP contribution in [-0.4, -0.2) is 19.0 Å². The lowest BCUT2D eigenvalue weighted by Gasteiger charge is -2.28. The van der Waals surface area contributed by atoms with Gasteiger partial charge in [0.25, 0.3) is 5.91 Å². The number of carbonyl (C=O) groups excluding carboxylic acids is 1. The molecule has 1 amide bonds. The highest BCUT2D eigenvalue weighted by molar-refractivity contribution is 5.94. The summed E-state index contributed by atoms with van der Waals surface area (Å²) >= 11 is 0. The van der Waals surface area contributed by atoms with Gasteiger partial charge in [-0.25, -0.2) is 0 Å². The maximum absolute atomic E-state index is 12.2. The monoisotopic (exact) mass is 284 g/mol. The third-order valence-corrected chi connectivity index (χ3v) is 4.30. The Balaban J connectivity index is 1.88. The summed E-state index contributed by atoms with van der Waals surface area (Å²) in [7, 11) is 0. The van der Waals surface area contributed by atoms with E-state index in [0.717, 1.165) is 12.1 Å². The lowest BCUT2D eigenvalue weighted by Crippen LogP contribution is -2.33. The summed E-state index contributed by atoms with van der Waals surface area (Å²) in [6, 6.07) is 7.36. The Hall–Kier alpha value is -1.79. The molecular formula is C18H24N2O. The number of hydrogen-bond donors (Lipinski definition) is 2. The molecule has 112 valence electrons. The zero-order valence-corrected chi connectivity index (χ0v) is 12.7. The molecule has 1 aromatic rings. The smallest absolute Gasteiger partial charge is 0.251 e. The van der Waals surface area contributed by atoms with Crippen LogP contribution in [0.3, 0.4) is 0 Å². The number of nitrogens with two attached hydrogens (primary N) is 1. The first kappa shape index (κ1) is 15.6. The van der Waals surface area contributed by atoms with Crippen molar-refractivity contribution in [1.82, 2.24) is 5.32 Å². The largest absolute Gasteiger partial charge is 0.352 e. The Morgan fingerprint density at radius 1 is 1.29 bits per heavy atom. The van der Waals surface area contributed by atoms with Gasteiger partial charge in [0.2, 0.25) is 0 Å². The zero-order valence-electron chi connectivity index (χ0n) is 12.7. The van der Waals surface area contributed by atoms with Crippen molar-refractivity contribution in [1.29, 1.82) is 0 Å². The van der Waals surface area contributed by atoms with Crippen molar-refractivity contribution in [2.75, 3.05) is 13.1 Å². The second-order valence-electron chi connectivity index (χ2n) is 5.82. The Kier molecular flexibility index (Phi) is 5.83. The molecule has 0 spiro atoms. The van der Waals surface area contributed by atoms with Gasteiger partial charge >= 0.3 is 0 Å². The van der Waals surface area contributed by atoms with Crippen LogP contribution < -0.4 is 11.1 Å². The summed E-state index contributed by atoms with van der Waals surface area (Å²) < 4.78 is 0. The van der Waals surface area contributed by atoms with Crippen molar-refractivity contribution in [2.24, 2.45) is 17.6 Å². The van der Waals surface area contributed by atoms with Crippen molar-refractivity contribution in [3.8, 4) is 11.8 Å². The zero-order chi connectivity index (χ0) is 15.1. The fourth-order valence-electron chi connectivity index (χ4n) is 2.88. The Morgan fingerprint density at radius 2 is 2.00 bits per heavy atom. The SMILES string of the molecule is CC1CCCCC1CNC(=O)c1ccc(C#CCN)cc1. The molecule has 1 aromatic carbocycles. The number of rotatable bonds is 3. The van der Waals surface area contributed by atoms with E-state index in [9.17, 15) is 4.79 Å². The Bertz CT molecular complexity index is 524. The van der Waals surface area contributed by atoms with E-state index < -0.39 is 0 Å². The highest BCUT2D eigenvalue weighted by atomic mass is 16.1. The van der Waals surface area contributed by atoms with Crippen LogP contribution in [0.5, 0.6) is 0 Å². The molecule has 2 atom stereocenters. The van der Waals surface area contributed by atoms with Crippen LogP contribution in [0, 0.1) is 23.7 Å². The molecule has 1 aliphatic carbocycles. The molecular weight excluding hydrogens is 260 g/mol. The molecule has 1 aliphatic rings. The van der Waals surface area contributed by atoms with Gasteiger partial charge in [0.05, 0.1) is 6.54 Å². The van der Waals surface area contributed by atoms with Gasteiger partial charge in [0.15, 0.2) is 0 Å². The summed E-state index contributed by atoms with van der Waals surface area (Å²) in [6.45, 7) is 3.43. The van der Waals surface area contributed by atoms with Crippen molar-refractivity contribution in [2.45, 2.75) is 32.6 Å². The van der Waals surface area contributed by atoms with Crippen LogP contribution in [0.4, 0.5) is 0 Å². The van der Waals surface area contributed by atoms with Gasteiger partial charge in [-0.2, -0.15) is 0 Å². The third-order valence-electron chi connectivity index (χ3n) is 4.30. The Labute approximate surface area is 127 Å². The van der Waals surface area contributed by atoms with Crippen LogP contribution in [0.15, 0.2) is 24.3 Å². The molecule has 0 saturated heterocycles. The summed E-state index contributed by atoms with van der Waals surface area (Å²) in [6.07, 6.45) is 5.14. The molecule has 0 aliphatic heterocycles. The number of benzene rings is 1. The van der Waals surface area contributed by atoms with Gasteiger partial charge in [-0.15, -0.1) is 0 Å². The summed E-state index contributed by atoms with van der Waals surface area (Å²) in [4.78, 5) is 12.2. The maximum Gasteiger partial charge on any atom is 0.251 e. The van der Waals surface area contributed by atoms with Crippen LogP contribution in [0.25, 0.3) is 0 Å². The van der Waals surface area contributed by atoms with Crippen LogP contribution in [0.1, 0.15) is 48.5 Å². The fourth-order valence-corrected chi connectivity index (χ4v) is 2.88. The summed E-state index contributed by atoms with van der Waals surface area (Å²) in [5.74, 6) is 7.10. The van der Waals surface area contributed by atoms with E-state index in [4.69, 9.17) is 5.73 Å². The van der Waals surface area contributed by atoms with Crippen LogP contribution >= 0.6 is 0 Å². The second-order valence-corrected chi connectivity index (χ2v) is 5.82. The first-order valence-electron chi connectivity index (χ1n) is 7.78. The first-order valence-corrected chi connectivity index (χ1v) is 7.78. The van der Waals surface area contributed by atoms with Gasteiger partial charge in [0, 0.05) is 17.7 Å². The molecule has 3 nitrogen and oxygen atoms in total. The molecule has 3 heteroatoms. The number of hydrogen-bond acceptors (Lipinski definition) is 2. The lowest BCUT2D eigenvalue weighted by atomic mass is 9.80. The van der Waals surface area contributed by atoms with E-state index in [2.05, 4.69) is 24.1 Å². The quantitative estimate of drug-likeness (QED) is 0.838. The first-order chi connectivity index (χ1) is 10.2. The fraction of sp³-hybridized carbons (Fsp3) is 0.500. The minimum atomic E-state index is 0.00566. The normalized spacial score (nSPS) is 21.2. The standard InChI is InChI=1S/C18H24N2O/c1-14-5-2-3-7-17(14)13-20-18(21)16-10-8-15(9-11-16)6-4-12-19/h8-11,14,17H,2-3,5,7,12-13,19H2,1H3,(H,20,21). The molecule has 21 heavy (non-hydrogen) atoms. The molecule has 0 bridgehead atoms. The van der Waals surface area contributed by atoms with Crippen molar-refractivity contribution >= 4 is 5.91 Å². The molecule has 3 N–H and O–H groups in total. The molecule has 0 radical (unpaired) electrons. The molecule has 2 unspecified atom stereocenters. The van der Waals surface area contributed by atoms with E-state index in [1.807, 2.05) is 24.3 Å². The van der Waals surface area contributed by atoms with Crippen molar-refractivity contribution in [3.05, 3.63) is 35.4 Å². The van der Waals surface area contributed by atoms with E-state index in [-0.39, 0.29) is 5.91 Å².